The lowest BCUT2D eigenvalue weighted by atomic mass is 10.1. The molecule has 0 saturated carbocycles. The van der Waals surface area contributed by atoms with E-state index in [4.69, 9.17) is 0 Å². The molecule has 0 spiro atoms. The number of rotatable bonds is 7. The fourth-order valence-corrected chi connectivity index (χ4v) is 4.99. The number of thiazole rings is 1. The van der Waals surface area contributed by atoms with E-state index in [1.165, 1.54) is 11.3 Å². The van der Waals surface area contributed by atoms with E-state index in [1.54, 1.807) is 24.0 Å². The van der Waals surface area contributed by atoms with Crippen LogP contribution in [0.3, 0.4) is 0 Å². The second-order valence-electron chi connectivity index (χ2n) is 9.18. The molecule has 4 heterocycles. The molecule has 5 rings (SSSR count). The summed E-state index contributed by atoms with van der Waals surface area (Å²) in [5, 5.41) is 15.1. The number of nitrogens with zero attached hydrogens (tertiary/aromatic N) is 5. The molecule has 1 unspecified atom stereocenters. The van der Waals surface area contributed by atoms with Gasteiger partial charge in [0.15, 0.2) is 0 Å². The number of amides is 1. The maximum Gasteiger partial charge on any atom is 0.275 e. The smallest absolute Gasteiger partial charge is 0.275 e. The van der Waals surface area contributed by atoms with Gasteiger partial charge in [-0.1, -0.05) is 6.08 Å². The van der Waals surface area contributed by atoms with Crippen LogP contribution in [0.4, 0.5) is 5.69 Å². The van der Waals surface area contributed by atoms with Gasteiger partial charge in [0.2, 0.25) is 0 Å². The topological polar surface area (TPSA) is 90.0 Å². The highest BCUT2D eigenvalue weighted by molar-refractivity contribution is 7.13. The zero-order chi connectivity index (χ0) is 25.1. The number of H-pyrrole nitrogens is 1. The summed E-state index contributed by atoms with van der Waals surface area (Å²) in [5.74, 6) is -0.247. The molecule has 36 heavy (non-hydrogen) atoms. The van der Waals surface area contributed by atoms with Crippen molar-refractivity contribution in [2.24, 2.45) is 0 Å². The van der Waals surface area contributed by atoms with Crippen LogP contribution in [-0.2, 0) is 0 Å². The van der Waals surface area contributed by atoms with E-state index in [2.05, 4.69) is 80.7 Å². The molecule has 1 aliphatic rings. The third-order valence-corrected chi connectivity index (χ3v) is 7.17. The predicted molar refractivity (Wildman–Crippen MR) is 145 cm³/mol. The fraction of sp³-hybridized carbons (Fsp3) is 0.259. The van der Waals surface area contributed by atoms with E-state index in [9.17, 15) is 4.79 Å². The van der Waals surface area contributed by atoms with Crippen LogP contribution in [0.5, 0.6) is 0 Å². The van der Waals surface area contributed by atoms with E-state index in [0.29, 0.717) is 17.4 Å². The van der Waals surface area contributed by atoms with Gasteiger partial charge in [0.05, 0.1) is 11.4 Å². The highest BCUT2D eigenvalue weighted by atomic mass is 32.1. The number of hydrogen-bond donors (Lipinski definition) is 2. The average molecular weight is 500 g/mol. The van der Waals surface area contributed by atoms with Gasteiger partial charge in [-0.3, -0.25) is 14.9 Å². The SMILES string of the molecule is CC1CC=c2cc(-c3ccn[nH]3)c(NC(=O)c3csc(-c4ccncc4)n3)cc2=CN1CCN(C)C. The van der Waals surface area contributed by atoms with Crippen molar-refractivity contribution in [3.8, 4) is 21.8 Å². The largest absolute Gasteiger partial charge is 0.373 e. The minimum Gasteiger partial charge on any atom is -0.373 e. The van der Waals surface area contributed by atoms with Crippen LogP contribution >= 0.6 is 11.3 Å². The Balaban J connectivity index is 1.51. The lowest BCUT2D eigenvalue weighted by Gasteiger charge is -2.27. The molecule has 184 valence electrons. The Bertz CT molecular complexity index is 1460. The number of carbonyl (C=O) groups is 1. The number of benzene rings is 1. The minimum atomic E-state index is -0.247. The van der Waals surface area contributed by atoms with Crippen LogP contribution in [0.25, 0.3) is 34.1 Å². The number of aromatic nitrogens is 4. The van der Waals surface area contributed by atoms with Crippen molar-refractivity contribution < 1.29 is 4.79 Å². The molecule has 1 amide bonds. The van der Waals surface area contributed by atoms with Crippen LogP contribution < -0.4 is 15.8 Å². The number of carbonyl (C=O) groups excluding carboxylic acids is 1. The van der Waals surface area contributed by atoms with Gasteiger partial charge in [-0.05, 0) is 68.2 Å². The number of nitrogens with one attached hydrogen (secondary N) is 2. The zero-order valence-corrected chi connectivity index (χ0v) is 21.4. The number of aromatic amines is 1. The lowest BCUT2D eigenvalue weighted by molar-refractivity contribution is 0.102. The molecule has 0 saturated heterocycles. The first-order valence-electron chi connectivity index (χ1n) is 11.9. The molecule has 1 atom stereocenters. The maximum atomic E-state index is 13.3. The monoisotopic (exact) mass is 499 g/mol. The maximum absolute atomic E-state index is 13.3. The van der Waals surface area contributed by atoms with Crippen LogP contribution in [0, 0.1) is 0 Å². The molecule has 0 aliphatic carbocycles. The highest BCUT2D eigenvalue weighted by Crippen LogP contribution is 2.26. The first kappa shape index (κ1) is 23.9. The Labute approximate surface area is 214 Å². The predicted octanol–water partition coefficient (Wildman–Crippen LogP) is 3.02. The molecule has 9 heteroatoms. The first-order valence-corrected chi connectivity index (χ1v) is 12.8. The van der Waals surface area contributed by atoms with Crippen molar-refractivity contribution in [2.75, 3.05) is 32.5 Å². The highest BCUT2D eigenvalue weighted by Gasteiger charge is 2.17. The fourth-order valence-electron chi connectivity index (χ4n) is 4.18. The summed E-state index contributed by atoms with van der Waals surface area (Å²) >= 11 is 1.44. The lowest BCUT2D eigenvalue weighted by Crippen LogP contribution is -2.35. The number of anilines is 1. The van der Waals surface area contributed by atoms with Crippen LogP contribution in [0.2, 0.25) is 0 Å². The van der Waals surface area contributed by atoms with E-state index >= 15 is 0 Å². The van der Waals surface area contributed by atoms with Gasteiger partial charge in [-0.25, -0.2) is 4.98 Å². The molecule has 3 aromatic heterocycles. The summed E-state index contributed by atoms with van der Waals surface area (Å²) in [5.41, 5.74) is 3.78. The van der Waals surface area contributed by atoms with E-state index in [0.717, 1.165) is 51.8 Å². The molecular weight excluding hydrogens is 470 g/mol. The number of likely N-dealkylation sites (N-methyl/N-ethyl adjacent to an activating group) is 1. The molecule has 1 aliphatic heterocycles. The molecule has 4 aromatic rings. The molecule has 8 nitrogen and oxygen atoms in total. The van der Waals surface area contributed by atoms with Gasteiger partial charge in [-0.2, -0.15) is 5.10 Å². The van der Waals surface area contributed by atoms with E-state index < -0.39 is 0 Å². The molecule has 0 fully saturated rings. The standard InChI is InChI=1S/C27H29N7OS/c1-18-4-5-20-14-22(23-8-11-29-32-23)24(15-21(20)16-34(18)13-12-33(2)3)30-26(35)25-17-36-27(31-25)19-6-9-28-10-7-19/h5-11,14-18H,4,12-13H2,1-3H3,(H,29,32)(H,30,35). The Hall–Kier alpha value is -3.82. The first-order chi connectivity index (χ1) is 17.5. The molecule has 2 N–H and O–H groups in total. The number of hydrogen-bond acceptors (Lipinski definition) is 7. The summed E-state index contributed by atoms with van der Waals surface area (Å²) in [6.07, 6.45) is 10.6. The summed E-state index contributed by atoms with van der Waals surface area (Å²) in [6, 6.07) is 10.2. The number of fused-ring (bicyclic) bond motifs is 1. The van der Waals surface area contributed by atoms with Gasteiger partial charge in [0.25, 0.3) is 5.91 Å². The van der Waals surface area contributed by atoms with E-state index in [-0.39, 0.29) is 5.91 Å². The quantitative estimate of drug-likeness (QED) is 0.406. The Morgan fingerprint density at radius 3 is 2.78 bits per heavy atom. The zero-order valence-electron chi connectivity index (χ0n) is 20.6. The Kier molecular flexibility index (Phi) is 6.92. The van der Waals surface area contributed by atoms with Crippen molar-refractivity contribution in [2.45, 2.75) is 19.4 Å². The molecule has 0 bridgehead atoms. The van der Waals surface area contributed by atoms with E-state index in [1.807, 2.05) is 18.2 Å². The van der Waals surface area contributed by atoms with Crippen molar-refractivity contribution in [1.29, 1.82) is 0 Å². The van der Waals surface area contributed by atoms with Gasteiger partial charge < -0.3 is 15.1 Å². The number of pyridine rings is 1. The normalized spacial score (nSPS) is 15.1. The Morgan fingerprint density at radius 2 is 2.03 bits per heavy atom. The summed E-state index contributed by atoms with van der Waals surface area (Å²) in [4.78, 5) is 26.5. The Morgan fingerprint density at radius 1 is 1.19 bits per heavy atom. The van der Waals surface area contributed by atoms with Crippen molar-refractivity contribution >= 4 is 35.2 Å². The van der Waals surface area contributed by atoms with Crippen molar-refractivity contribution in [1.82, 2.24) is 30.0 Å². The molecule has 1 aromatic carbocycles. The average Bonchev–Trinajstić information content (AvgIpc) is 3.56. The van der Waals surface area contributed by atoms with Gasteiger partial charge in [0.1, 0.15) is 10.7 Å². The van der Waals surface area contributed by atoms with Gasteiger partial charge >= 0.3 is 0 Å². The third kappa shape index (κ3) is 5.22. The molecule has 0 radical (unpaired) electrons. The van der Waals surface area contributed by atoms with Crippen LogP contribution in [-0.4, -0.2) is 69.1 Å². The van der Waals surface area contributed by atoms with Crippen molar-refractivity contribution in [3.63, 3.8) is 0 Å². The second kappa shape index (κ2) is 10.4. The summed E-state index contributed by atoms with van der Waals surface area (Å²) < 4.78 is 0. The van der Waals surface area contributed by atoms with Gasteiger partial charge in [-0.15, -0.1) is 11.3 Å². The van der Waals surface area contributed by atoms with Crippen molar-refractivity contribution in [3.05, 3.63) is 70.4 Å². The molecular formula is C27H29N7OS. The second-order valence-corrected chi connectivity index (χ2v) is 10.0. The van der Waals surface area contributed by atoms with Gasteiger partial charge in [0, 0.05) is 60.4 Å². The van der Waals surface area contributed by atoms with Crippen LogP contribution in [0.15, 0.2) is 54.3 Å². The van der Waals surface area contributed by atoms with Crippen LogP contribution in [0.1, 0.15) is 23.8 Å². The summed E-state index contributed by atoms with van der Waals surface area (Å²) in [7, 11) is 4.18. The third-order valence-electron chi connectivity index (χ3n) is 6.28. The minimum absolute atomic E-state index is 0.247. The summed E-state index contributed by atoms with van der Waals surface area (Å²) in [6.45, 7) is 4.15.